The minimum absolute atomic E-state index is 0.0137. The number of rotatable bonds is 7. The highest BCUT2D eigenvalue weighted by Gasteiger charge is 2.25. The second-order valence-electron chi connectivity index (χ2n) is 6.12. The van der Waals surface area contributed by atoms with Crippen molar-refractivity contribution in [2.24, 2.45) is 11.8 Å². The van der Waals surface area contributed by atoms with Crippen LogP contribution >= 0.6 is 0 Å². The van der Waals surface area contributed by atoms with Gasteiger partial charge < -0.3 is 9.64 Å². The Bertz CT molecular complexity index is 612. The maximum atomic E-state index is 12.2. The highest BCUT2D eigenvalue weighted by Crippen LogP contribution is 2.28. The van der Waals surface area contributed by atoms with Gasteiger partial charge in [-0.25, -0.2) is 18.1 Å². The molecular weight excluding hydrogens is 304 g/mol. The first-order chi connectivity index (χ1) is 10.5. The van der Waals surface area contributed by atoms with Crippen molar-refractivity contribution in [1.82, 2.24) is 14.7 Å². The number of hydrogen-bond acceptors (Lipinski definition) is 6. The van der Waals surface area contributed by atoms with Gasteiger partial charge >= 0.3 is 0 Å². The van der Waals surface area contributed by atoms with Gasteiger partial charge in [-0.15, -0.1) is 0 Å². The van der Waals surface area contributed by atoms with Crippen LogP contribution in [0.1, 0.15) is 19.3 Å². The van der Waals surface area contributed by atoms with E-state index in [0.717, 1.165) is 39.0 Å². The smallest absolute Gasteiger partial charge is 0.259 e. The molecule has 1 aliphatic carbocycles. The number of aromatic nitrogens is 2. The first-order valence-electron chi connectivity index (χ1n) is 7.65. The van der Waals surface area contributed by atoms with Crippen molar-refractivity contribution in [3.05, 3.63) is 12.4 Å². The lowest BCUT2D eigenvalue weighted by Gasteiger charge is -2.21. The van der Waals surface area contributed by atoms with Crippen LogP contribution in [0.2, 0.25) is 0 Å². The molecule has 22 heavy (non-hydrogen) atoms. The minimum Gasteiger partial charge on any atom is -0.381 e. The average Bonchev–Trinajstić information content (AvgIpc) is 3.21. The van der Waals surface area contributed by atoms with Gasteiger partial charge in [-0.3, -0.25) is 4.98 Å². The molecule has 8 heteroatoms. The van der Waals surface area contributed by atoms with Crippen LogP contribution in [0.4, 0.5) is 5.82 Å². The molecule has 2 heterocycles. The fourth-order valence-electron chi connectivity index (χ4n) is 2.48. The molecule has 0 spiro atoms. The molecule has 1 aliphatic heterocycles. The highest BCUT2D eigenvalue weighted by atomic mass is 32.2. The van der Waals surface area contributed by atoms with Gasteiger partial charge in [-0.2, -0.15) is 0 Å². The van der Waals surface area contributed by atoms with E-state index in [0.29, 0.717) is 24.2 Å². The lowest BCUT2D eigenvalue weighted by Crippen LogP contribution is -2.29. The van der Waals surface area contributed by atoms with Gasteiger partial charge in [-0.05, 0) is 25.2 Å². The van der Waals surface area contributed by atoms with Gasteiger partial charge in [0.15, 0.2) is 5.03 Å². The summed E-state index contributed by atoms with van der Waals surface area (Å²) in [5, 5.41) is -0.0137. The molecule has 1 atom stereocenters. The standard InChI is InChI=1S/C14H22N4O3S/c1-18(9-12-4-5-21-10-12)13-7-15-8-14(17-13)22(19,20)16-6-11-2-3-11/h7-8,11-12,16H,2-6,9-10H2,1H3. The monoisotopic (exact) mass is 326 g/mol. The van der Waals surface area contributed by atoms with Crippen LogP contribution in [0, 0.1) is 11.8 Å². The lowest BCUT2D eigenvalue weighted by molar-refractivity contribution is 0.186. The molecule has 0 radical (unpaired) electrons. The van der Waals surface area contributed by atoms with Gasteiger partial charge in [-0.1, -0.05) is 0 Å². The molecule has 2 aliphatic rings. The van der Waals surface area contributed by atoms with Crippen molar-refractivity contribution in [1.29, 1.82) is 0 Å². The van der Waals surface area contributed by atoms with Gasteiger partial charge in [0.1, 0.15) is 5.82 Å². The average molecular weight is 326 g/mol. The molecule has 2 fully saturated rings. The van der Waals surface area contributed by atoms with E-state index in [1.807, 2.05) is 11.9 Å². The third-order valence-corrected chi connectivity index (χ3v) is 5.38. The first-order valence-corrected chi connectivity index (χ1v) is 9.13. The molecule has 1 unspecified atom stereocenters. The molecule has 1 saturated carbocycles. The Morgan fingerprint density at radius 1 is 1.32 bits per heavy atom. The normalized spacial score (nSPS) is 22.0. The zero-order chi connectivity index (χ0) is 15.6. The van der Waals surface area contributed by atoms with Crippen LogP contribution in [0.15, 0.2) is 17.4 Å². The Morgan fingerprint density at radius 3 is 2.82 bits per heavy atom. The lowest BCUT2D eigenvalue weighted by atomic mass is 10.1. The Kier molecular flexibility index (Phi) is 4.60. The summed E-state index contributed by atoms with van der Waals surface area (Å²) in [6.07, 6.45) is 6.11. The number of nitrogens with zero attached hydrogens (tertiary/aromatic N) is 3. The van der Waals surface area contributed by atoms with E-state index in [9.17, 15) is 8.42 Å². The SMILES string of the molecule is CN(CC1CCOC1)c1cncc(S(=O)(=O)NCC2CC2)n1. The molecule has 122 valence electrons. The Labute approximate surface area is 131 Å². The van der Waals surface area contributed by atoms with Gasteiger partial charge in [0.05, 0.1) is 19.0 Å². The molecule has 7 nitrogen and oxygen atoms in total. The molecule has 0 aromatic carbocycles. The molecule has 0 bridgehead atoms. The van der Waals surface area contributed by atoms with Gasteiger partial charge in [0.25, 0.3) is 10.0 Å². The summed E-state index contributed by atoms with van der Waals surface area (Å²) in [6, 6.07) is 0. The maximum Gasteiger partial charge on any atom is 0.259 e. The predicted molar refractivity (Wildman–Crippen MR) is 82.1 cm³/mol. The predicted octanol–water partition coefficient (Wildman–Crippen LogP) is 0.638. The molecule has 0 amide bonds. The van der Waals surface area contributed by atoms with Gasteiger partial charge in [0.2, 0.25) is 0 Å². The fraction of sp³-hybridized carbons (Fsp3) is 0.714. The van der Waals surface area contributed by atoms with E-state index < -0.39 is 10.0 Å². The largest absolute Gasteiger partial charge is 0.381 e. The minimum atomic E-state index is -3.57. The Balaban J connectivity index is 1.67. The highest BCUT2D eigenvalue weighted by molar-refractivity contribution is 7.89. The third-order valence-electron chi connectivity index (χ3n) is 4.08. The molecule has 3 rings (SSSR count). The molecular formula is C14H22N4O3S. The summed E-state index contributed by atoms with van der Waals surface area (Å²) in [5.41, 5.74) is 0. The van der Waals surface area contributed by atoms with E-state index >= 15 is 0 Å². The Hall–Kier alpha value is -1.25. The van der Waals surface area contributed by atoms with Crippen LogP contribution in [0.25, 0.3) is 0 Å². The quantitative estimate of drug-likeness (QED) is 0.791. The van der Waals surface area contributed by atoms with Crippen molar-refractivity contribution >= 4 is 15.8 Å². The third kappa shape index (κ3) is 3.93. The number of ether oxygens (including phenoxy) is 1. The van der Waals surface area contributed by atoms with Crippen molar-refractivity contribution in [2.75, 3.05) is 38.3 Å². The second kappa shape index (κ2) is 6.47. The van der Waals surface area contributed by atoms with E-state index in [-0.39, 0.29) is 5.03 Å². The van der Waals surface area contributed by atoms with Gasteiger partial charge in [0, 0.05) is 32.7 Å². The van der Waals surface area contributed by atoms with Crippen LogP contribution in [0.3, 0.4) is 0 Å². The summed E-state index contributed by atoms with van der Waals surface area (Å²) < 4.78 is 32.4. The molecule has 1 aromatic heterocycles. The van der Waals surface area contributed by atoms with Crippen molar-refractivity contribution in [3.8, 4) is 0 Å². The van der Waals surface area contributed by atoms with Crippen LogP contribution in [-0.2, 0) is 14.8 Å². The van der Waals surface area contributed by atoms with Crippen molar-refractivity contribution in [3.63, 3.8) is 0 Å². The summed E-state index contributed by atoms with van der Waals surface area (Å²) in [6.45, 7) is 2.82. The zero-order valence-electron chi connectivity index (χ0n) is 12.7. The van der Waals surface area contributed by atoms with Crippen molar-refractivity contribution in [2.45, 2.75) is 24.3 Å². The topological polar surface area (TPSA) is 84.4 Å². The number of sulfonamides is 1. The first kappa shape index (κ1) is 15.6. The number of hydrogen-bond donors (Lipinski definition) is 1. The summed E-state index contributed by atoms with van der Waals surface area (Å²) in [5.74, 6) is 1.51. The fourth-order valence-corrected chi connectivity index (χ4v) is 3.50. The van der Waals surface area contributed by atoms with Crippen LogP contribution in [-0.4, -0.2) is 51.7 Å². The van der Waals surface area contributed by atoms with Crippen molar-refractivity contribution < 1.29 is 13.2 Å². The molecule has 1 saturated heterocycles. The summed E-state index contributed by atoms with van der Waals surface area (Å²) >= 11 is 0. The maximum absolute atomic E-state index is 12.2. The molecule has 1 N–H and O–H groups in total. The Morgan fingerprint density at radius 2 is 2.14 bits per heavy atom. The zero-order valence-corrected chi connectivity index (χ0v) is 13.6. The molecule has 1 aromatic rings. The van der Waals surface area contributed by atoms with E-state index in [1.165, 1.54) is 6.20 Å². The number of nitrogens with one attached hydrogen (secondary N) is 1. The van der Waals surface area contributed by atoms with E-state index in [1.54, 1.807) is 6.20 Å². The van der Waals surface area contributed by atoms with E-state index in [2.05, 4.69) is 14.7 Å². The van der Waals surface area contributed by atoms with Crippen LogP contribution < -0.4 is 9.62 Å². The van der Waals surface area contributed by atoms with E-state index in [4.69, 9.17) is 4.74 Å². The number of anilines is 1. The summed E-state index contributed by atoms with van der Waals surface area (Å²) in [4.78, 5) is 10.2. The second-order valence-corrected chi connectivity index (χ2v) is 7.83. The van der Waals surface area contributed by atoms with Crippen LogP contribution in [0.5, 0.6) is 0 Å². The summed E-state index contributed by atoms with van der Waals surface area (Å²) in [7, 11) is -1.67.